The molecule has 0 aliphatic carbocycles. The maximum atomic E-state index is 10.4. The summed E-state index contributed by atoms with van der Waals surface area (Å²) in [5.41, 5.74) is -0.428. The smallest absolute Gasteiger partial charge is 0.327 e. The molecule has 56 valence electrons. The van der Waals surface area contributed by atoms with Gasteiger partial charge >= 0.3 is 5.70 Å². The second kappa shape index (κ2) is 3.60. The van der Waals surface area contributed by atoms with Crippen LogP contribution in [-0.4, -0.2) is 17.8 Å². The molecular weight excluding hydrogens is 136 g/mol. The third-order valence-electron chi connectivity index (χ3n) is 0.838. The summed E-state index contributed by atoms with van der Waals surface area (Å²) >= 11 is 0. The lowest BCUT2D eigenvalue weighted by molar-refractivity contribution is -0.419. The Kier molecular flexibility index (Phi) is 3.10. The van der Waals surface area contributed by atoms with Gasteiger partial charge in [0.2, 0.25) is 5.78 Å². The van der Waals surface area contributed by atoms with Crippen LogP contribution in [0.25, 0.3) is 0 Å². The molecule has 0 saturated heterocycles. The molecule has 0 radical (unpaired) electrons. The largest absolute Gasteiger partial charge is 0.388 e. The Balaban J connectivity index is 4.42. The lowest BCUT2D eigenvalue weighted by Crippen LogP contribution is -2.11. The first-order chi connectivity index (χ1) is 4.59. The van der Waals surface area contributed by atoms with E-state index in [9.17, 15) is 14.9 Å². The van der Waals surface area contributed by atoms with Crippen LogP contribution < -0.4 is 5.32 Å². The fourth-order valence-corrected chi connectivity index (χ4v) is 0.420. The number of hydrogen-bond donors (Lipinski definition) is 1. The van der Waals surface area contributed by atoms with Gasteiger partial charge in [-0.25, -0.2) is 0 Å². The van der Waals surface area contributed by atoms with Crippen molar-refractivity contribution in [2.45, 2.75) is 6.92 Å². The number of carbonyl (C=O) groups is 1. The first-order valence-corrected chi connectivity index (χ1v) is 2.62. The highest BCUT2D eigenvalue weighted by molar-refractivity contribution is 5.90. The van der Waals surface area contributed by atoms with Crippen molar-refractivity contribution in [2.75, 3.05) is 7.05 Å². The Morgan fingerprint density at radius 1 is 1.70 bits per heavy atom. The zero-order chi connectivity index (χ0) is 8.15. The summed E-state index contributed by atoms with van der Waals surface area (Å²) in [7, 11) is 1.49. The summed E-state index contributed by atoms with van der Waals surface area (Å²) in [5, 5.41) is 12.4. The van der Waals surface area contributed by atoms with E-state index in [2.05, 4.69) is 5.32 Å². The normalized spacial score (nSPS) is 10.8. The molecule has 0 heterocycles. The van der Waals surface area contributed by atoms with Gasteiger partial charge in [0, 0.05) is 14.0 Å². The van der Waals surface area contributed by atoms with Gasteiger partial charge in [-0.2, -0.15) is 0 Å². The van der Waals surface area contributed by atoms with Crippen molar-refractivity contribution < 1.29 is 9.72 Å². The van der Waals surface area contributed by atoms with Crippen LogP contribution in [-0.2, 0) is 4.79 Å². The molecule has 10 heavy (non-hydrogen) atoms. The van der Waals surface area contributed by atoms with Gasteiger partial charge in [0.25, 0.3) is 0 Å². The van der Waals surface area contributed by atoms with Gasteiger partial charge in [-0.1, -0.05) is 0 Å². The van der Waals surface area contributed by atoms with Crippen LogP contribution in [0.2, 0.25) is 0 Å². The van der Waals surface area contributed by atoms with E-state index >= 15 is 0 Å². The minimum Gasteiger partial charge on any atom is -0.388 e. The number of nitro groups is 1. The molecule has 0 atom stereocenters. The highest BCUT2D eigenvalue weighted by Crippen LogP contribution is 1.93. The molecule has 5 nitrogen and oxygen atoms in total. The molecule has 0 bridgehead atoms. The Morgan fingerprint density at radius 3 is 2.30 bits per heavy atom. The molecule has 0 amide bonds. The van der Waals surface area contributed by atoms with Crippen LogP contribution in [0.1, 0.15) is 6.92 Å². The Hall–Kier alpha value is -1.39. The summed E-state index contributed by atoms with van der Waals surface area (Å²) in [5.74, 6) is -0.556. The van der Waals surface area contributed by atoms with Gasteiger partial charge in [-0.3, -0.25) is 14.9 Å². The Morgan fingerprint density at radius 2 is 2.20 bits per heavy atom. The molecule has 0 aromatic heterocycles. The Labute approximate surface area is 57.9 Å². The maximum Gasteiger partial charge on any atom is 0.327 e. The van der Waals surface area contributed by atoms with Crippen LogP contribution in [0.4, 0.5) is 0 Å². The van der Waals surface area contributed by atoms with Crippen LogP contribution in [0.5, 0.6) is 0 Å². The van der Waals surface area contributed by atoms with E-state index in [1.807, 2.05) is 0 Å². The summed E-state index contributed by atoms with van der Waals surface area (Å²) in [6, 6.07) is 0. The molecule has 1 N–H and O–H groups in total. The quantitative estimate of drug-likeness (QED) is 0.341. The molecule has 0 saturated carbocycles. The predicted molar refractivity (Wildman–Crippen MR) is 34.8 cm³/mol. The summed E-state index contributed by atoms with van der Waals surface area (Å²) in [6.07, 6.45) is 1.06. The molecule has 0 aliphatic rings. The van der Waals surface area contributed by atoms with Gasteiger partial charge in [0.05, 0.1) is 11.1 Å². The molecule has 0 aromatic rings. The molecular formula is C5H8N2O3. The molecule has 0 aliphatic heterocycles. The van der Waals surface area contributed by atoms with Crippen molar-refractivity contribution in [1.82, 2.24) is 5.32 Å². The average Bonchev–Trinajstić information content (AvgIpc) is 1.81. The van der Waals surface area contributed by atoms with Crippen molar-refractivity contribution in [3.8, 4) is 0 Å². The zero-order valence-corrected chi connectivity index (χ0v) is 5.75. The maximum absolute atomic E-state index is 10.4. The topological polar surface area (TPSA) is 72.2 Å². The third-order valence-corrected chi connectivity index (χ3v) is 0.838. The van der Waals surface area contributed by atoms with Crippen molar-refractivity contribution in [2.24, 2.45) is 0 Å². The van der Waals surface area contributed by atoms with Gasteiger partial charge in [0.15, 0.2) is 0 Å². The molecule has 0 unspecified atom stereocenters. The average molecular weight is 144 g/mol. The van der Waals surface area contributed by atoms with Crippen molar-refractivity contribution in [3.05, 3.63) is 22.0 Å². The molecule has 0 rings (SSSR count). The second-order valence-corrected chi connectivity index (χ2v) is 1.63. The monoisotopic (exact) mass is 144 g/mol. The van der Waals surface area contributed by atoms with Crippen molar-refractivity contribution in [3.63, 3.8) is 0 Å². The second-order valence-electron chi connectivity index (χ2n) is 1.63. The van der Waals surface area contributed by atoms with Crippen LogP contribution in [0, 0.1) is 10.1 Å². The van der Waals surface area contributed by atoms with Gasteiger partial charge in [0.1, 0.15) is 0 Å². The van der Waals surface area contributed by atoms with E-state index in [1.54, 1.807) is 0 Å². The first-order valence-electron chi connectivity index (χ1n) is 2.62. The third kappa shape index (κ3) is 2.25. The summed E-state index contributed by atoms with van der Waals surface area (Å²) in [4.78, 5) is 19.7. The fourth-order valence-electron chi connectivity index (χ4n) is 0.420. The number of hydrogen-bond acceptors (Lipinski definition) is 4. The molecule has 0 spiro atoms. The minimum absolute atomic E-state index is 0.428. The number of nitrogens with zero attached hydrogens (tertiary/aromatic N) is 1. The minimum atomic E-state index is -0.723. The standard InChI is InChI=1S/C5H8N2O3/c1-4(8)5(3-6-2)7(9)10/h3,6H,1-2H3/b5-3-. The summed E-state index contributed by atoms with van der Waals surface area (Å²) in [6.45, 7) is 1.14. The number of ketones is 1. The van der Waals surface area contributed by atoms with E-state index in [-0.39, 0.29) is 0 Å². The van der Waals surface area contributed by atoms with Crippen molar-refractivity contribution >= 4 is 5.78 Å². The van der Waals surface area contributed by atoms with E-state index in [1.165, 1.54) is 7.05 Å². The number of rotatable bonds is 3. The molecule has 5 heteroatoms. The Bertz CT molecular complexity index is 169. The number of carbonyl (C=O) groups excluding carboxylic acids is 1. The SMILES string of the molecule is CN/C=C(/C(C)=O)[N+](=O)[O-]. The van der Waals surface area contributed by atoms with Crippen LogP contribution >= 0.6 is 0 Å². The number of nitrogens with one attached hydrogen (secondary N) is 1. The first kappa shape index (κ1) is 8.61. The van der Waals surface area contributed by atoms with E-state index in [4.69, 9.17) is 0 Å². The highest BCUT2D eigenvalue weighted by Gasteiger charge is 2.15. The number of Topliss-reactive ketones (excluding diaryl/α,β-unsaturated/α-hetero) is 1. The van der Waals surface area contributed by atoms with Crippen LogP contribution in [0.3, 0.4) is 0 Å². The fraction of sp³-hybridized carbons (Fsp3) is 0.400. The number of allylic oxidation sites excluding steroid dienone is 1. The summed E-state index contributed by atoms with van der Waals surface area (Å²) < 4.78 is 0. The predicted octanol–water partition coefficient (Wildman–Crippen LogP) is -0.0871. The van der Waals surface area contributed by atoms with E-state index in [0.717, 1.165) is 13.1 Å². The lowest BCUT2D eigenvalue weighted by Gasteiger charge is -1.90. The molecule has 0 aromatic carbocycles. The van der Waals surface area contributed by atoms with Crippen LogP contribution in [0.15, 0.2) is 11.9 Å². The van der Waals surface area contributed by atoms with E-state index < -0.39 is 16.4 Å². The highest BCUT2D eigenvalue weighted by atomic mass is 16.6. The van der Waals surface area contributed by atoms with Gasteiger partial charge in [-0.15, -0.1) is 0 Å². The van der Waals surface area contributed by atoms with Gasteiger partial charge in [-0.05, 0) is 0 Å². The van der Waals surface area contributed by atoms with E-state index in [0.29, 0.717) is 0 Å². The molecule has 0 fully saturated rings. The zero-order valence-electron chi connectivity index (χ0n) is 5.75. The van der Waals surface area contributed by atoms with Crippen molar-refractivity contribution in [1.29, 1.82) is 0 Å². The van der Waals surface area contributed by atoms with Gasteiger partial charge < -0.3 is 5.32 Å². The lowest BCUT2D eigenvalue weighted by atomic mass is 10.3.